The third-order valence-electron chi connectivity index (χ3n) is 3.28. The van der Waals surface area contributed by atoms with Gasteiger partial charge < -0.3 is 25.4 Å². The van der Waals surface area contributed by atoms with Crippen molar-refractivity contribution >= 4 is 17.5 Å². The van der Waals surface area contributed by atoms with Gasteiger partial charge in [-0.25, -0.2) is 0 Å². The summed E-state index contributed by atoms with van der Waals surface area (Å²) in [5.41, 5.74) is 5.48. The monoisotopic (exact) mass is 330 g/mol. The van der Waals surface area contributed by atoms with E-state index in [1.54, 1.807) is 14.0 Å². The number of amidine groups is 1. The van der Waals surface area contributed by atoms with Crippen LogP contribution in [-0.2, 0) is 19.1 Å². The number of nitrogens with two attached hydrogens (primary N) is 1. The molecular formula is C15H30N4O4. The number of carbonyl (C=O) groups excluding carboxylic acids is 2. The van der Waals surface area contributed by atoms with Crippen LogP contribution >= 0.6 is 0 Å². The Labute approximate surface area is 138 Å². The fraction of sp³-hybridized carbons (Fsp3) is 0.800. The summed E-state index contributed by atoms with van der Waals surface area (Å²) in [4.78, 5) is 29.6. The Bertz CT molecular complexity index is 393. The Morgan fingerprint density at radius 2 is 1.87 bits per heavy atom. The first kappa shape index (κ1) is 21.5. The van der Waals surface area contributed by atoms with Gasteiger partial charge in [-0.1, -0.05) is 0 Å². The highest BCUT2D eigenvalue weighted by molar-refractivity contribution is 5.87. The number of hydrogen-bond acceptors (Lipinski definition) is 6. The number of methoxy groups -OCH3 is 2. The number of nitrogens with zero attached hydrogens (tertiary/aromatic N) is 2. The van der Waals surface area contributed by atoms with Gasteiger partial charge in [0.1, 0.15) is 5.78 Å². The molecule has 1 atom stereocenters. The van der Waals surface area contributed by atoms with E-state index in [4.69, 9.17) is 15.2 Å². The Morgan fingerprint density at radius 3 is 2.30 bits per heavy atom. The van der Waals surface area contributed by atoms with Crippen LogP contribution in [0.4, 0.5) is 0 Å². The zero-order chi connectivity index (χ0) is 17.8. The molecule has 0 aliphatic rings. The predicted octanol–water partition coefficient (Wildman–Crippen LogP) is -0.232. The molecule has 23 heavy (non-hydrogen) atoms. The Morgan fingerprint density at radius 1 is 1.26 bits per heavy atom. The summed E-state index contributed by atoms with van der Waals surface area (Å²) in [5.74, 6) is 0.274. The minimum absolute atomic E-state index is 0.0281. The number of aliphatic imine (C=N–C) groups is 1. The maximum atomic E-state index is 12.6. The Kier molecular flexibility index (Phi) is 11.2. The fourth-order valence-electron chi connectivity index (χ4n) is 2.09. The molecule has 0 aromatic rings. The van der Waals surface area contributed by atoms with E-state index in [0.29, 0.717) is 18.8 Å². The summed E-state index contributed by atoms with van der Waals surface area (Å²) < 4.78 is 10.2. The van der Waals surface area contributed by atoms with E-state index in [0.717, 1.165) is 6.42 Å². The SMILES string of the molecule is CNC(CCCN=C(C)N)C(=O)N(CC(C)=O)CC(OC)OC. The average molecular weight is 330 g/mol. The molecule has 0 aromatic carbocycles. The van der Waals surface area contributed by atoms with Crippen molar-refractivity contribution < 1.29 is 19.1 Å². The van der Waals surface area contributed by atoms with Crippen LogP contribution in [0.25, 0.3) is 0 Å². The topological polar surface area (TPSA) is 106 Å². The second-order valence-corrected chi connectivity index (χ2v) is 5.33. The van der Waals surface area contributed by atoms with Crippen LogP contribution in [0.15, 0.2) is 4.99 Å². The molecule has 0 aliphatic carbocycles. The zero-order valence-corrected chi connectivity index (χ0v) is 14.8. The van der Waals surface area contributed by atoms with E-state index in [1.165, 1.54) is 26.0 Å². The van der Waals surface area contributed by atoms with Gasteiger partial charge >= 0.3 is 0 Å². The highest BCUT2D eigenvalue weighted by Crippen LogP contribution is 2.06. The predicted molar refractivity (Wildman–Crippen MR) is 89.3 cm³/mol. The summed E-state index contributed by atoms with van der Waals surface area (Å²) >= 11 is 0. The van der Waals surface area contributed by atoms with Gasteiger partial charge in [0.05, 0.1) is 25.0 Å². The van der Waals surface area contributed by atoms with Gasteiger partial charge in [-0.15, -0.1) is 0 Å². The lowest BCUT2D eigenvalue weighted by atomic mass is 10.1. The van der Waals surface area contributed by atoms with Crippen molar-refractivity contribution in [2.45, 2.75) is 39.0 Å². The maximum absolute atomic E-state index is 12.6. The molecule has 8 nitrogen and oxygen atoms in total. The number of amides is 1. The van der Waals surface area contributed by atoms with Gasteiger partial charge in [0.15, 0.2) is 6.29 Å². The van der Waals surface area contributed by atoms with Crippen molar-refractivity contribution in [1.82, 2.24) is 10.2 Å². The fourth-order valence-corrected chi connectivity index (χ4v) is 2.09. The van der Waals surface area contributed by atoms with E-state index in [9.17, 15) is 9.59 Å². The van der Waals surface area contributed by atoms with Crippen molar-refractivity contribution in [3.63, 3.8) is 0 Å². The zero-order valence-electron chi connectivity index (χ0n) is 14.8. The van der Waals surface area contributed by atoms with E-state index in [-0.39, 0.29) is 24.8 Å². The van der Waals surface area contributed by atoms with Gasteiger partial charge in [-0.3, -0.25) is 14.6 Å². The Hall–Kier alpha value is -1.51. The first-order valence-corrected chi connectivity index (χ1v) is 7.63. The molecule has 0 rings (SSSR count). The van der Waals surface area contributed by atoms with Crippen molar-refractivity contribution in [3.05, 3.63) is 0 Å². The summed E-state index contributed by atoms with van der Waals surface area (Å²) in [5, 5.41) is 2.99. The third-order valence-corrected chi connectivity index (χ3v) is 3.28. The molecule has 0 bridgehead atoms. The minimum Gasteiger partial charge on any atom is -0.388 e. The summed E-state index contributed by atoms with van der Waals surface area (Å²) in [6.07, 6.45) is 0.753. The normalized spacial score (nSPS) is 13.2. The molecule has 0 heterocycles. The van der Waals surface area contributed by atoms with Crippen LogP contribution in [0, 0.1) is 0 Å². The van der Waals surface area contributed by atoms with E-state index in [1.807, 2.05) is 0 Å². The van der Waals surface area contributed by atoms with E-state index < -0.39 is 12.3 Å². The molecular weight excluding hydrogens is 300 g/mol. The molecule has 0 aromatic heterocycles. The Balaban J connectivity index is 4.78. The molecule has 0 radical (unpaired) electrons. The largest absolute Gasteiger partial charge is 0.388 e. The number of carbonyl (C=O) groups is 2. The van der Waals surface area contributed by atoms with Crippen LogP contribution < -0.4 is 11.1 Å². The second kappa shape index (κ2) is 12.0. The third kappa shape index (κ3) is 9.27. The summed E-state index contributed by atoms with van der Waals surface area (Å²) in [7, 11) is 4.71. The van der Waals surface area contributed by atoms with Crippen molar-refractivity contribution in [2.75, 3.05) is 40.9 Å². The number of nitrogens with one attached hydrogen (secondary N) is 1. The van der Waals surface area contributed by atoms with Crippen molar-refractivity contribution in [1.29, 1.82) is 0 Å². The summed E-state index contributed by atoms with van der Waals surface area (Å²) in [6, 6.07) is -0.392. The molecule has 1 amide bonds. The molecule has 134 valence electrons. The second-order valence-electron chi connectivity index (χ2n) is 5.33. The van der Waals surface area contributed by atoms with Gasteiger partial charge in [-0.2, -0.15) is 0 Å². The molecule has 1 unspecified atom stereocenters. The number of hydrogen-bond donors (Lipinski definition) is 2. The van der Waals surface area contributed by atoms with Crippen LogP contribution in [0.5, 0.6) is 0 Å². The molecule has 0 fully saturated rings. The van der Waals surface area contributed by atoms with Gasteiger partial charge in [-0.05, 0) is 33.7 Å². The van der Waals surface area contributed by atoms with E-state index in [2.05, 4.69) is 10.3 Å². The molecule has 8 heteroatoms. The first-order valence-electron chi connectivity index (χ1n) is 7.63. The number of ether oxygens (including phenoxy) is 2. The average Bonchev–Trinajstić information content (AvgIpc) is 2.50. The molecule has 0 spiro atoms. The van der Waals surface area contributed by atoms with Crippen LogP contribution in [0.2, 0.25) is 0 Å². The van der Waals surface area contributed by atoms with Gasteiger partial charge in [0.2, 0.25) is 5.91 Å². The highest BCUT2D eigenvalue weighted by atomic mass is 16.7. The van der Waals surface area contributed by atoms with Crippen LogP contribution in [-0.4, -0.2) is 75.7 Å². The smallest absolute Gasteiger partial charge is 0.240 e. The minimum atomic E-state index is -0.569. The number of likely N-dealkylation sites (N-methyl/N-ethyl adjacent to an activating group) is 1. The van der Waals surface area contributed by atoms with Crippen molar-refractivity contribution in [3.8, 4) is 0 Å². The summed E-state index contributed by atoms with van der Waals surface area (Å²) in [6.45, 7) is 3.97. The molecule has 3 N–H and O–H groups in total. The van der Waals surface area contributed by atoms with Gasteiger partial charge in [0, 0.05) is 20.8 Å². The quantitative estimate of drug-likeness (QED) is 0.222. The van der Waals surface area contributed by atoms with E-state index >= 15 is 0 Å². The van der Waals surface area contributed by atoms with Crippen LogP contribution in [0.1, 0.15) is 26.7 Å². The lowest BCUT2D eigenvalue weighted by Gasteiger charge is -2.29. The number of ketones is 1. The molecule has 0 aliphatic heterocycles. The molecule has 0 saturated carbocycles. The van der Waals surface area contributed by atoms with Crippen LogP contribution in [0.3, 0.4) is 0 Å². The van der Waals surface area contributed by atoms with Crippen molar-refractivity contribution in [2.24, 2.45) is 10.7 Å². The maximum Gasteiger partial charge on any atom is 0.240 e. The highest BCUT2D eigenvalue weighted by Gasteiger charge is 2.26. The van der Waals surface area contributed by atoms with Gasteiger partial charge in [0.25, 0.3) is 0 Å². The lowest BCUT2D eigenvalue weighted by Crippen LogP contribution is -2.49. The number of Topliss-reactive ketones (excluding diaryl/α,β-unsaturated/α-hetero) is 1. The lowest BCUT2D eigenvalue weighted by molar-refractivity contribution is -0.149. The first-order chi connectivity index (χ1) is 10.8. The standard InChI is InChI=1S/C15H30N4O4/c1-11(20)9-19(10-14(22-4)23-5)15(21)13(17-3)7-6-8-18-12(2)16/h13-14,17H,6-10H2,1-5H3,(H2,16,18). The molecule has 0 saturated heterocycles. The number of rotatable bonds is 12.